The van der Waals surface area contributed by atoms with Crippen LogP contribution < -0.4 is 15.4 Å². The van der Waals surface area contributed by atoms with Gasteiger partial charge in [0.2, 0.25) is 5.91 Å². The summed E-state index contributed by atoms with van der Waals surface area (Å²) in [7, 11) is 0. The first kappa shape index (κ1) is 18.7. The van der Waals surface area contributed by atoms with Gasteiger partial charge < -0.3 is 15.4 Å². The highest BCUT2D eigenvalue weighted by molar-refractivity contribution is 6.31. The van der Waals surface area contributed by atoms with Crippen LogP contribution in [0.4, 0.5) is 14.5 Å². The molecule has 0 fully saturated rings. The predicted molar refractivity (Wildman–Crippen MR) is 90.2 cm³/mol. The van der Waals surface area contributed by atoms with Crippen LogP contribution in [-0.2, 0) is 4.79 Å². The zero-order valence-electron chi connectivity index (χ0n) is 13.2. The van der Waals surface area contributed by atoms with Gasteiger partial charge in [0.05, 0.1) is 12.1 Å². The molecule has 0 heterocycles. The molecule has 132 valence electrons. The summed E-state index contributed by atoms with van der Waals surface area (Å²) in [5.41, 5.74) is 1.24. The van der Waals surface area contributed by atoms with Crippen molar-refractivity contribution in [2.45, 2.75) is 13.5 Å². The second kappa shape index (κ2) is 8.43. The van der Waals surface area contributed by atoms with Crippen molar-refractivity contribution in [3.8, 4) is 5.75 Å². The van der Waals surface area contributed by atoms with Crippen molar-refractivity contribution in [2.24, 2.45) is 0 Å². The van der Waals surface area contributed by atoms with Crippen molar-refractivity contribution in [3.05, 3.63) is 58.6 Å². The molecule has 0 aliphatic heterocycles. The number of carbonyl (C=O) groups is 2. The first-order valence-corrected chi connectivity index (χ1v) is 7.62. The third-order valence-corrected chi connectivity index (χ3v) is 3.47. The average Bonchev–Trinajstić information content (AvgIpc) is 2.56. The van der Waals surface area contributed by atoms with Gasteiger partial charge in [-0.2, -0.15) is 8.78 Å². The third-order valence-electron chi connectivity index (χ3n) is 3.23. The molecule has 0 unspecified atom stereocenters. The number of anilines is 1. The number of rotatable bonds is 6. The molecule has 2 rings (SSSR count). The Morgan fingerprint density at radius 2 is 1.92 bits per heavy atom. The standard InChI is InChI=1S/C17H15ClF2N2O3/c1-10-6-7-11(18)8-13(10)22-15(23)9-21-16(24)12-4-2-3-5-14(12)25-17(19)20/h2-8,17H,9H2,1H3,(H,21,24)(H,22,23). The average molecular weight is 369 g/mol. The molecular weight excluding hydrogens is 354 g/mol. The van der Waals surface area contributed by atoms with Gasteiger partial charge >= 0.3 is 6.61 Å². The molecular formula is C17H15ClF2N2O3. The number of ether oxygens (including phenoxy) is 1. The highest BCUT2D eigenvalue weighted by Gasteiger charge is 2.16. The number of hydrogen-bond acceptors (Lipinski definition) is 3. The number of amides is 2. The van der Waals surface area contributed by atoms with E-state index in [1.807, 2.05) is 0 Å². The van der Waals surface area contributed by atoms with Crippen LogP contribution in [-0.4, -0.2) is 25.0 Å². The van der Waals surface area contributed by atoms with E-state index in [-0.39, 0.29) is 17.9 Å². The molecule has 0 aliphatic rings. The number of aryl methyl sites for hydroxylation is 1. The van der Waals surface area contributed by atoms with Crippen LogP contribution in [0.1, 0.15) is 15.9 Å². The lowest BCUT2D eigenvalue weighted by Gasteiger charge is -2.12. The molecule has 0 saturated carbocycles. The fourth-order valence-electron chi connectivity index (χ4n) is 2.03. The van der Waals surface area contributed by atoms with Gasteiger partial charge in [0.1, 0.15) is 5.75 Å². The fourth-order valence-corrected chi connectivity index (χ4v) is 2.20. The second-order valence-corrected chi connectivity index (χ2v) is 5.50. The summed E-state index contributed by atoms with van der Waals surface area (Å²) >= 11 is 5.87. The molecule has 0 bridgehead atoms. The number of halogens is 3. The lowest BCUT2D eigenvalue weighted by atomic mass is 10.2. The maximum Gasteiger partial charge on any atom is 0.387 e. The van der Waals surface area contributed by atoms with E-state index >= 15 is 0 Å². The van der Waals surface area contributed by atoms with Crippen LogP contribution in [0.5, 0.6) is 5.75 Å². The maximum atomic E-state index is 12.4. The van der Waals surface area contributed by atoms with Crippen LogP contribution in [0.3, 0.4) is 0 Å². The maximum absolute atomic E-state index is 12.4. The Kier molecular flexibility index (Phi) is 6.30. The summed E-state index contributed by atoms with van der Waals surface area (Å²) in [6.45, 7) is -1.60. The lowest BCUT2D eigenvalue weighted by molar-refractivity contribution is -0.115. The number of alkyl halides is 2. The normalized spacial score (nSPS) is 10.4. The summed E-state index contributed by atoms with van der Waals surface area (Å²) in [5.74, 6) is -1.44. The Hall–Kier alpha value is -2.67. The first-order valence-electron chi connectivity index (χ1n) is 7.25. The van der Waals surface area contributed by atoms with Gasteiger partial charge in [0, 0.05) is 10.7 Å². The number of para-hydroxylation sites is 1. The van der Waals surface area contributed by atoms with E-state index in [4.69, 9.17) is 11.6 Å². The minimum atomic E-state index is -3.05. The zero-order chi connectivity index (χ0) is 18.4. The molecule has 2 aromatic rings. The monoisotopic (exact) mass is 368 g/mol. The van der Waals surface area contributed by atoms with Crippen LogP contribution in [0.15, 0.2) is 42.5 Å². The summed E-state index contributed by atoms with van der Waals surface area (Å²) in [6.07, 6.45) is 0. The van der Waals surface area contributed by atoms with Crippen molar-refractivity contribution in [3.63, 3.8) is 0 Å². The summed E-state index contributed by atoms with van der Waals surface area (Å²) < 4.78 is 29.0. The first-order chi connectivity index (χ1) is 11.9. The molecule has 2 aromatic carbocycles. The third kappa shape index (κ3) is 5.42. The Morgan fingerprint density at radius 1 is 1.20 bits per heavy atom. The van der Waals surface area contributed by atoms with Crippen molar-refractivity contribution >= 4 is 29.1 Å². The molecule has 25 heavy (non-hydrogen) atoms. The number of carbonyl (C=O) groups excluding carboxylic acids is 2. The Bertz CT molecular complexity index is 784. The molecule has 8 heteroatoms. The Morgan fingerprint density at radius 3 is 2.64 bits per heavy atom. The van der Waals surface area contributed by atoms with Gasteiger partial charge in [-0.15, -0.1) is 0 Å². The van der Waals surface area contributed by atoms with Gasteiger partial charge in [-0.1, -0.05) is 29.8 Å². The molecule has 2 amide bonds. The lowest BCUT2D eigenvalue weighted by Crippen LogP contribution is -2.33. The van der Waals surface area contributed by atoms with E-state index in [9.17, 15) is 18.4 Å². The minimum Gasteiger partial charge on any atom is -0.434 e. The fraction of sp³-hybridized carbons (Fsp3) is 0.176. The van der Waals surface area contributed by atoms with Crippen LogP contribution in [0, 0.1) is 6.92 Å². The SMILES string of the molecule is Cc1ccc(Cl)cc1NC(=O)CNC(=O)c1ccccc1OC(F)F. The predicted octanol–water partition coefficient (Wildman–Crippen LogP) is 3.62. The van der Waals surface area contributed by atoms with Crippen LogP contribution in [0.25, 0.3) is 0 Å². The van der Waals surface area contributed by atoms with E-state index in [2.05, 4.69) is 15.4 Å². The Balaban J connectivity index is 1.98. The quantitative estimate of drug-likeness (QED) is 0.818. The van der Waals surface area contributed by atoms with Gasteiger partial charge in [-0.05, 0) is 36.8 Å². The van der Waals surface area contributed by atoms with Gasteiger partial charge in [-0.3, -0.25) is 9.59 Å². The zero-order valence-corrected chi connectivity index (χ0v) is 13.9. The Labute approximate surface area is 147 Å². The summed E-state index contributed by atoms with van der Waals surface area (Å²) in [5, 5.41) is 5.43. The molecule has 5 nitrogen and oxygen atoms in total. The van der Waals surface area contributed by atoms with E-state index in [0.717, 1.165) is 5.56 Å². The highest BCUT2D eigenvalue weighted by Crippen LogP contribution is 2.21. The van der Waals surface area contributed by atoms with Crippen LogP contribution >= 0.6 is 11.6 Å². The second-order valence-electron chi connectivity index (χ2n) is 5.06. The van der Waals surface area contributed by atoms with E-state index in [1.54, 1.807) is 25.1 Å². The molecule has 0 aliphatic carbocycles. The highest BCUT2D eigenvalue weighted by atomic mass is 35.5. The van der Waals surface area contributed by atoms with E-state index < -0.39 is 18.4 Å². The van der Waals surface area contributed by atoms with Crippen molar-refractivity contribution in [2.75, 3.05) is 11.9 Å². The molecule has 0 spiro atoms. The smallest absolute Gasteiger partial charge is 0.387 e. The number of hydrogen-bond donors (Lipinski definition) is 2. The minimum absolute atomic E-state index is 0.0884. The van der Waals surface area contributed by atoms with E-state index in [1.165, 1.54) is 24.3 Å². The van der Waals surface area contributed by atoms with Gasteiger partial charge in [0.25, 0.3) is 5.91 Å². The van der Waals surface area contributed by atoms with Gasteiger partial charge in [-0.25, -0.2) is 0 Å². The molecule has 0 radical (unpaired) electrons. The van der Waals surface area contributed by atoms with Crippen molar-refractivity contribution in [1.82, 2.24) is 5.32 Å². The molecule has 0 atom stereocenters. The van der Waals surface area contributed by atoms with Crippen LogP contribution in [0.2, 0.25) is 5.02 Å². The van der Waals surface area contributed by atoms with E-state index in [0.29, 0.717) is 10.7 Å². The molecule has 2 N–H and O–H groups in total. The summed E-state index contributed by atoms with van der Waals surface area (Å²) in [4.78, 5) is 24.0. The molecule has 0 aromatic heterocycles. The number of nitrogens with one attached hydrogen (secondary N) is 2. The summed E-state index contributed by atoms with van der Waals surface area (Å²) in [6, 6.07) is 10.6. The number of benzene rings is 2. The molecule has 0 saturated heterocycles. The topological polar surface area (TPSA) is 67.4 Å². The van der Waals surface area contributed by atoms with Gasteiger partial charge in [0.15, 0.2) is 0 Å². The largest absolute Gasteiger partial charge is 0.434 e. The van der Waals surface area contributed by atoms with Crippen molar-refractivity contribution in [1.29, 1.82) is 0 Å². The van der Waals surface area contributed by atoms with Crippen molar-refractivity contribution < 1.29 is 23.1 Å².